The third-order valence-corrected chi connectivity index (χ3v) is 32.0. The monoisotopic (exact) mass is 1790 g/mol. The quantitative estimate of drug-likeness (QED) is 0.0351. The van der Waals surface area contributed by atoms with Gasteiger partial charge in [0.25, 0.3) is 0 Å². The Morgan fingerprint density at radius 2 is 0.363 bits per heavy atom. The van der Waals surface area contributed by atoms with Gasteiger partial charge in [0.05, 0.1) is 0 Å². The number of para-hydroxylation sites is 2. The maximum Gasteiger partial charge on any atom is 0.0462 e. The number of hydrogen-bond donors (Lipinski definition) is 0. The summed E-state index contributed by atoms with van der Waals surface area (Å²) >= 11 is 0. The van der Waals surface area contributed by atoms with Gasteiger partial charge < -0.3 is 9.80 Å². The molecule has 0 aromatic heterocycles. The minimum atomic E-state index is -0.119. The number of hydrogen-bond acceptors (Lipinski definition) is 2. The zero-order valence-electron chi connectivity index (χ0n) is 84.2. The zero-order chi connectivity index (χ0) is 93.0. The molecule has 0 saturated carbocycles. The lowest BCUT2D eigenvalue weighted by molar-refractivity contribution is 0.397. The molecule has 0 N–H and O–H groups in total. The highest BCUT2D eigenvalue weighted by Crippen LogP contribution is 2.60. The van der Waals surface area contributed by atoms with Crippen LogP contribution in [0.1, 0.15) is 376 Å². The first-order valence-electron chi connectivity index (χ1n) is 54.6. The maximum atomic E-state index is 2.68. The van der Waals surface area contributed by atoms with Crippen molar-refractivity contribution < 1.29 is 0 Å². The average Bonchev–Trinajstić information content (AvgIpc) is 1.57. The summed E-state index contributed by atoms with van der Waals surface area (Å²) in [6, 6.07) is 117. The van der Waals surface area contributed by atoms with Gasteiger partial charge in [0.15, 0.2) is 0 Å². The fraction of sp³-hybridized carbons (Fsp3) is 0.414. The zero-order valence-corrected chi connectivity index (χ0v) is 84.2. The van der Waals surface area contributed by atoms with Crippen LogP contribution in [0.3, 0.4) is 0 Å². The summed E-state index contributed by atoms with van der Waals surface area (Å²) in [5.74, 6) is 0.540. The van der Waals surface area contributed by atoms with Crippen LogP contribution in [-0.2, 0) is 16.2 Å². The van der Waals surface area contributed by atoms with Crippen molar-refractivity contribution in [3.05, 3.63) is 336 Å². The van der Waals surface area contributed by atoms with Crippen LogP contribution in [0.2, 0.25) is 0 Å². The van der Waals surface area contributed by atoms with Crippen LogP contribution >= 0.6 is 0 Å². The molecule has 0 heterocycles. The summed E-state index contributed by atoms with van der Waals surface area (Å²) in [4.78, 5) is 4.93. The number of unbranched alkanes of at least 4 members (excludes halogenated alkanes) is 30. The molecule has 2 nitrogen and oxygen atoms in total. The number of nitrogens with zero attached hydrogens (tertiary/aromatic N) is 2. The molecule has 1 unspecified atom stereocenters. The Labute approximate surface area is 817 Å². The molecule has 3 aliphatic carbocycles. The van der Waals surface area contributed by atoms with E-state index in [4.69, 9.17) is 0 Å². The van der Waals surface area contributed by atoms with E-state index in [9.17, 15) is 0 Å². The molecule has 0 spiro atoms. The van der Waals surface area contributed by atoms with E-state index in [1.165, 1.54) is 363 Å². The summed E-state index contributed by atoms with van der Waals surface area (Å²) < 4.78 is 0. The fourth-order valence-electron chi connectivity index (χ4n) is 24.1. The molecule has 0 radical (unpaired) electrons. The summed E-state index contributed by atoms with van der Waals surface area (Å²) in [7, 11) is 0. The lowest BCUT2D eigenvalue weighted by Gasteiger charge is -2.34. The highest BCUT2D eigenvalue weighted by Gasteiger charge is 2.46. The van der Waals surface area contributed by atoms with Crippen LogP contribution in [0.15, 0.2) is 297 Å². The molecule has 13 aromatic carbocycles. The van der Waals surface area contributed by atoms with Crippen LogP contribution in [0.5, 0.6) is 0 Å². The number of anilines is 6. The number of fused-ring (bicyclic) bond motifs is 9. The van der Waals surface area contributed by atoms with Crippen molar-refractivity contribution >= 4 is 34.1 Å². The van der Waals surface area contributed by atoms with E-state index in [0.717, 1.165) is 53.4 Å². The largest absolute Gasteiger partial charge is 0.311 e. The molecule has 0 fully saturated rings. The Balaban J connectivity index is 0.693. The first-order chi connectivity index (χ1) is 66.6. The van der Waals surface area contributed by atoms with Gasteiger partial charge in [0, 0.05) is 50.4 Å². The van der Waals surface area contributed by atoms with Crippen LogP contribution in [-0.4, -0.2) is 0 Å². The van der Waals surface area contributed by atoms with E-state index < -0.39 is 0 Å². The Morgan fingerprint density at radius 3 is 0.593 bits per heavy atom. The van der Waals surface area contributed by atoms with Gasteiger partial charge in [-0.05, 0) is 282 Å². The van der Waals surface area contributed by atoms with Gasteiger partial charge in [-0.2, -0.15) is 0 Å². The summed E-state index contributed by atoms with van der Waals surface area (Å²) in [6.45, 7) is 18.9. The van der Waals surface area contributed by atoms with E-state index in [1.807, 2.05) is 0 Å². The van der Waals surface area contributed by atoms with E-state index in [-0.39, 0.29) is 16.2 Å². The smallest absolute Gasteiger partial charge is 0.0462 e. The van der Waals surface area contributed by atoms with Gasteiger partial charge in [-0.15, -0.1) is 0 Å². The summed E-state index contributed by atoms with van der Waals surface area (Å²) in [5, 5.41) is 0. The Hall–Kier alpha value is -10.5. The summed E-state index contributed by atoms with van der Waals surface area (Å²) in [6.07, 6.45) is 55.2. The SMILES string of the molecule is CCCCCCCCC1(CCCCCCCC)c2cc(-c3ccccc3)ccc2-c2ccc(-c3ccc(N(c4ccccc4)c4ccc(-c5ccc6c(c5)C(CCCCCCCC)(CCCCCCCC)c5cc(-c7ccc(N(c8ccccc8)c8ccc(-c9ccc%10c(c9)C(CCCCCCCC)(CCCCCCCC)c9cc(C(C)CC)ccc9-%10)cc8)cc7)ccc5-6)cc4)cc3)cc21. The fourth-order valence-corrected chi connectivity index (χ4v) is 24.1. The molecule has 702 valence electrons. The Kier molecular flexibility index (Phi) is 35.0. The van der Waals surface area contributed by atoms with Gasteiger partial charge >= 0.3 is 0 Å². The van der Waals surface area contributed by atoms with Gasteiger partial charge in [0.1, 0.15) is 0 Å². The molecular formula is C133H160N2. The van der Waals surface area contributed by atoms with E-state index >= 15 is 0 Å². The second kappa shape index (κ2) is 48.5. The lowest BCUT2D eigenvalue weighted by atomic mass is 9.69. The standard InChI is InChI=1S/C133H160N2/c1-9-16-22-28-34-49-89-131(90-50-35-29-23-17-10-2)125-95-107(101(8)15-7)69-83-119(125)120-85-71-109(97-127(120)131)103-61-75-115(76-62-103)134(113-57-45-41-46-58-113)117-79-65-105(66-80-117)111-73-87-123-124-88-74-112(100-130(124)133(129(123)99-111,93-53-38-32-26-20-13-5)94-54-39-33-27-21-14-6)106-67-81-118(82-68-106)135(114-59-47-42-48-60-114)116-77-63-104(64-78-116)110-72-86-122-121-84-70-108(102-55-43-40-44-56-102)96-126(121)132(128(122)98-110,91-51-36-30-24-18-11-3)92-52-37-31-25-19-12-4/h40-48,55-88,95-101H,9-39,49-54,89-94H2,1-8H3. The van der Waals surface area contributed by atoms with Crippen molar-refractivity contribution in [2.24, 2.45) is 0 Å². The van der Waals surface area contributed by atoms with Crippen molar-refractivity contribution in [2.75, 3.05) is 9.80 Å². The van der Waals surface area contributed by atoms with E-state index in [2.05, 4.69) is 362 Å². The topological polar surface area (TPSA) is 6.48 Å². The van der Waals surface area contributed by atoms with Crippen LogP contribution < -0.4 is 9.80 Å². The third-order valence-electron chi connectivity index (χ3n) is 32.0. The molecule has 0 amide bonds. The Bertz CT molecular complexity index is 5760. The van der Waals surface area contributed by atoms with Crippen molar-refractivity contribution in [3.8, 4) is 89.0 Å². The third kappa shape index (κ3) is 22.7. The van der Waals surface area contributed by atoms with Crippen LogP contribution in [0.4, 0.5) is 34.1 Å². The van der Waals surface area contributed by atoms with Gasteiger partial charge in [-0.25, -0.2) is 0 Å². The van der Waals surface area contributed by atoms with Crippen LogP contribution in [0.25, 0.3) is 89.0 Å². The van der Waals surface area contributed by atoms with Crippen molar-refractivity contribution in [1.29, 1.82) is 0 Å². The molecule has 16 rings (SSSR count). The molecule has 1 atom stereocenters. The lowest BCUT2D eigenvalue weighted by Crippen LogP contribution is -2.26. The predicted octanol–water partition coefficient (Wildman–Crippen LogP) is 41.8. The first-order valence-corrected chi connectivity index (χ1v) is 54.6. The minimum Gasteiger partial charge on any atom is -0.311 e. The maximum absolute atomic E-state index is 2.68. The molecule has 13 aromatic rings. The summed E-state index contributed by atoms with van der Waals surface area (Å²) in [5.41, 5.74) is 39.3. The second-order valence-corrected chi connectivity index (χ2v) is 41.2. The highest BCUT2D eigenvalue weighted by molar-refractivity contribution is 5.91. The molecule has 135 heavy (non-hydrogen) atoms. The van der Waals surface area contributed by atoms with E-state index in [1.54, 1.807) is 22.3 Å². The van der Waals surface area contributed by atoms with Gasteiger partial charge in [0.2, 0.25) is 0 Å². The molecule has 0 bridgehead atoms. The van der Waals surface area contributed by atoms with Crippen LogP contribution in [0, 0.1) is 0 Å². The van der Waals surface area contributed by atoms with Crippen molar-refractivity contribution in [1.82, 2.24) is 0 Å². The minimum absolute atomic E-state index is 0.0153. The number of benzene rings is 13. The van der Waals surface area contributed by atoms with Gasteiger partial charge in [-0.1, -0.05) is 481 Å². The molecule has 3 aliphatic rings. The second-order valence-electron chi connectivity index (χ2n) is 41.2. The van der Waals surface area contributed by atoms with E-state index in [0.29, 0.717) is 5.92 Å². The predicted molar refractivity (Wildman–Crippen MR) is 588 cm³/mol. The molecule has 2 heteroatoms. The first kappa shape index (κ1) is 97.5. The van der Waals surface area contributed by atoms with Crippen molar-refractivity contribution in [3.63, 3.8) is 0 Å². The normalized spacial score (nSPS) is 13.6. The molecular weight excluding hydrogens is 1630 g/mol. The van der Waals surface area contributed by atoms with Gasteiger partial charge in [-0.3, -0.25) is 0 Å². The highest BCUT2D eigenvalue weighted by atomic mass is 15.1. The molecule has 0 aliphatic heterocycles. The Morgan fingerprint density at radius 1 is 0.178 bits per heavy atom. The molecule has 0 saturated heterocycles. The average molecular weight is 1790 g/mol. The van der Waals surface area contributed by atoms with Crippen molar-refractivity contribution in [2.45, 2.75) is 354 Å². The number of rotatable bonds is 55.